The van der Waals surface area contributed by atoms with Gasteiger partial charge in [-0.25, -0.2) is 4.79 Å². The van der Waals surface area contributed by atoms with Gasteiger partial charge in [-0.15, -0.1) is 0 Å². The average molecular weight is 309 g/mol. The first-order valence-corrected chi connectivity index (χ1v) is 8.86. The van der Waals surface area contributed by atoms with E-state index in [1.165, 1.54) is 5.56 Å². The van der Waals surface area contributed by atoms with E-state index in [1.54, 1.807) is 11.8 Å². The number of carbonyl (C=O) groups is 1. The van der Waals surface area contributed by atoms with Gasteiger partial charge in [-0.3, -0.25) is 0 Å². The Balaban J connectivity index is 2.48. The lowest BCUT2D eigenvalue weighted by Gasteiger charge is -2.15. The number of anilines is 1. The summed E-state index contributed by atoms with van der Waals surface area (Å²) in [5, 5.41) is 9.22. The fourth-order valence-corrected chi connectivity index (χ4v) is 2.60. The third-order valence-corrected chi connectivity index (χ3v) is 4.00. The predicted molar refractivity (Wildman–Crippen MR) is 93.1 cm³/mol. The first-order valence-electron chi connectivity index (χ1n) is 7.46. The van der Waals surface area contributed by atoms with Crippen LogP contribution in [0.1, 0.15) is 38.8 Å². The molecule has 2 unspecified atom stereocenters. The molecule has 0 radical (unpaired) electrons. The van der Waals surface area contributed by atoms with Crippen LogP contribution in [0.15, 0.2) is 24.3 Å². The molecule has 21 heavy (non-hydrogen) atoms. The van der Waals surface area contributed by atoms with Crippen LogP contribution in [0, 0.1) is 0 Å². The van der Waals surface area contributed by atoms with Crippen LogP contribution in [-0.4, -0.2) is 30.6 Å². The number of urea groups is 1. The zero-order valence-corrected chi connectivity index (χ0v) is 14.2. The van der Waals surface area contributed by atoms with Crippen molar-refractivity contribution in [3.8, 4) is 0 Å². The smallest absolute Gasteiger partial charge is 0.319 e. The summed E-state index contributed by atoms with van der Waals surface area (Å²) in [5.74, 6) is 0.910. The maximum atomic E-state index is 11.8. The van der Waals surface area contributed by atoms with E-state index in [1.807, 2.05) is 37.4 Å². The van der Waals surface area contributed by atoms with Crippen molar-refractivity contribution in [2.24, 2.45) is 0 Å². The quantitative estimate of drug-likeness (QED) is 0.687. The normalized spacial score (nSPS) is 13.5. The molecular weight excluding hydrogens is 282 g/mol. The Morgan fingerprint density at radius 3 is 2.48 bits per heavy atom. The molecule has 0 bridgehead atoms. The number of benzene rings is 1. The van der Waals surface area contributed by atoms with Crippen molar-refractivity contribution in [3.05, 3.63) is 29.8 Å². The second-order valence-corrected chi connectivity index (χ2v) is 6.16. The van der Waals surface area contributed by atoms with Crippen molar-refractivity contribution in [3.63, 3.8) is 0 Å². The number of hydrogen-bond acceptors (Lipinski definition) is 3. The largest absolute Gasteiger partial charge is 0.335 e. The van der Waals surface area contributed by atoms with E-state index in [-0.39, 0.29) is 12.1 Å². The van der Waals surface area contributed by atoms with Gasteiger partial charge in [0.1, 0.15) is 0 Å². The standard InChI is InChI=1S/C16H27N3OS/c1-5-10-17-13(3)14-6-8-15(9-7-14)19-16(20)18-12(2)11-21-4/h6-9,12-13,17H,5,10-11H2,1-4H3,(H2,18,19,20). The van der Waals surface area contributed by atoms with Crippen molar-refractivity contribution < 1.29 is 4.79 Å². The Labute approximate surface area is 132 Å². The number of hydrogen-bond donors (Lipinski definition) is 3. The summed E-state index contributed by atoms with van der Waals surface area (Å²) in [4.78, 5) is 11.8. The molecule has 0 saturated carbocycles. The van der Waals surface area contributed by atoms with Gasteiger partial charge in [0.15, 0.2) is 0 Å². The SMILES string of the molecule is CCCNC(C)c1ccc(NC(=O)NC(C)CSC)cc1. The van der Waals surface area contributed by atoms with Gasteiger partial charge in [0, 0.05) is 23.5 Å². The second kappa shape index (κ2) is 9.68. The number of rotatable bonds is 8. The van der Waals surface area contributed by atoms with Gasteiger partial charge < -0.3 is 16.0 Å². The van der Waals surface area contributed by atoms with Crippen molar-refractivity contribution >= 4 is 23.5 Å². The van der Waals surface area contributed by atoms with Crippen LogP contribution in [0.5, 0.6) is 0 Å². The molecule has 1 aromatic rings. The molecule has 118 valence electrons. The summed E-state index contributed by atoms with van der Waals surface area (Å²) in [6.45, 7) is 7.31. The van der Waals surface area contributed by atoms with Crippen molar-refractivity contribution in [1.29, 1.82) is 0 Å². The Hall–Kier alpha value is -1.20. The van der Waals surface area contributed by atoms with Crippen LogP contribution in [0.4, 0.5) is 10.5 Å². The van der Waals surface area contributed by atoms with Gasteiger partial charge in [0.25, 0.3) is 0 Å². The van der Waals surface area contributed by atoms with Crippen molar-refractivity contribution in [2.45, 2.75) is 39.3 Å². The summed E-state index contributed by atoms with van der Waals surface area (Å²) >= 11 is 1.72. The van der Waals surface area contributed by atoms with Gasteiger partial charge >= 0.3 is 6.03 Å². The molecule has 0 heterocycles. The van der Waals surface area contributed by atoms with Crippen LogP contribution >= 0.6 is 11.8 Å². The summed E-state index contributed by atoms with van der Waals surface area (Å²) in [6.07, 6.45) is 3.15. The molecule has 0 aliphatic carbocycles. The highest BCUT2D eigenvalue weighted by Gasteiger charge is 2.08. The summed E-state index contributed by atoms with van der Waals surface area (Å²) in [6, 6.07) is 8.33. The Morgan fingerprint density at radius 1 is 1.24 bits per heavy atom. The van der Waals surface area contributed by atoms with E-state index in [9.17, 15) is 4.79 Å². The van der Waals surface area contributed by atoms with Gasteiger partial charge in [-0.2, -0.15) is 11.8 Å². The third kappa shape index (κ3) is 6.87. The Kier molecular flexibility index (Phi) is 8.23. The van der Waals surface area contributed by atoms with Gasteiger partial charge in [-0.05, 0) is 50.8 Å². The minimum atomic E-state index is -0.151. The molecule has 0 aromatic heterocycles. The zero-order valence-electron chi connectivity index (χ0n) is 13.4. The molecular formula is C16H27N3OS. The minimum absolute atomic E-state index is 0.151. The zero-order chi connectivity index (χ0) is 15.7. The molecule has 2 atom stereocenters. The van der Waals surface area contributed by atoms with E-state index in [0.29, 0.717) is 6.04 Å². The topological polar surface area (TPSA) is 53.2 Å². The van der Waals surface area contributed by atoms with Crippen LogP contribution in [0.3, 0.4) is 0 Å². The minimum Gasteiger partial charge on any atom is -0.335 e. The van der Waals surface area contributed by atoms with Crippen LogP contribution in [0.25, 0.3) is 0 Å². The fraction of sp³-hybridized carbons (Fsp3) is 0.562. The average Bonchev–Trinajstić information content (AvgIpc) is 2.45. The molecule has 5 heteroatoms. The van der Waals surface area contributed by atoms with Gasteiger partial charge in [-0.1, -0.05) is 19.1 Å². The van der Waals surface area contributed by atoms with Crippen molar-refractivity contribution in [1.82, 2.24) is 10.6 Å². The van der Waals surface area contributed by atoms with E-state index >= 15 is 0 Å². The molecule has 1 aromatic carbocycles. The molecule has 4 nitrogen and oxygen atoms in total. The number of nitrogens with one attached hydrogen (secondary N) is 3. The van der Waals surface area contributed by atoms with E-state index in [0.717, 1.165) is 24.4 Å². The first-order chi connectivity index (χ1) is 10.1. The molecule has 1 rings (SSSR count). The predicted octanol–water partition coefficient (Wildman–Crippen LogP) is 3.62. The monoisotopic (exact) mass is 309 g/mol. The van der Waals surface area contributed by atoms with Gasteiger partial charge in [0.2, 0.25) is 0 Å². The molecule has 0 aliphatic rings. The maximum absolute atomic E-state index is 11.8. The second-order valence-electron chi connectivity index (χ2n) is 5.25. The number of amides is 2. The Morgan fingerprint density at radius 2 is 1.90 bits per heavy atom. The highest BCUT2D eigenvalue weighted by molar-refractivity contribution is 7.98. The molecule has 0 saturated heterocycles. The highest BCUT2D eigenvalue weighted by Crippen LogP contribution is 2.16. The maximum Gasteiger partial charge on any atom is 0.319 e. The van der Waals surface area contributed by atoms with Crippen LogP contribution in [0.2, 0.25) is 0 Å². The molecule has 0 fully saturated rings. The van der Waals surface area contributed by atoms with E-state index < -0.39 is 0 Å². The third-order valence-electron chi connectivity index (χ3n) is 3.16. The molecule has 3 N–H and O–H groups in total. The summed E-state index contributed by atoms with van der Waals surface area (Å²) in [5.41, 5.74) is 2.04. The number of carbonyl (C=O) groups excluding carboxylic acids is 1. The lowest BCUT2D eigenvalue weighted by molar-refractivity contribution is 0.250. The summed E-state index contributed by atoms with van der Waals surface area (Å²) < 4.78 is 0. The highest BCUT2D eigenvalue weighted by atomic mass is 32.2. The number of thioether (sulfide) groups is 1. The molecule has 0 aliphatic heterocycles. The molecule has 0 spiro atoms. The Bertz CT molecular complexity index is 422. The van der Waals surface area contributed by atoms with Gasteiger partial charge in [0.05, 0.1) is 0 Å². The lowest BCUT2D eigenvalue weighted by Crippen LogP contribution is -2.37. The first kappa shape index (κ1) is 17.9. The summed E-state index contributed by atoms with van der Waals surface area (Å²) in [7, 11) is 0. The van der Waals surface area contributed by atoms with Crippen molar-refractivity contribution in [2.75, 3.05) is 23.9 Å². The molecule has 2 amide bonds. The van der Waals surface area contributed by atoms with E-state index in [2.05, 4.69) is 29.8 Å². The lowest BCUT2D eigenvalue weighted by atomic mass is 10.1. The van der Waals surface area contributed by atoms with Crippen LogP contribution in [-0.2, 0) is 0 Å². The van der Waals surface area contributed by atoms with Crippen LogP contribution < -0.4 is 16.0 Å². The fourth-order valence-electron chi connectivity index (χ4n) is 2.02. The van der Waals surface area contributed by atoms with E-state index in [4.69, 9.17) is 0 Å².